The standard InChI is InChI=1S/C30H44N4O/c1-30(2,22-33-26-12-17-35-18-13-26)14-16-34(28-11-5-9-23-10-6-15-31-29(23)28)21-27-19-24-7-3-4-8-25(24)20-32-27/h3-4,6-8,10,15,26-28,32-33H,5,9,11-14,16-22H2,1-2H3/t27-,28+/m1/s1. The molecule has 5 heteroatoms. The van der Waals surface area contributed by atoms with E-state index in [4.69, 9.17) is 9.72 Å². The van der Waals surface area contributed by atoms with Crippen LogP contribution in [0.4, 0.5) is 0 Å². The van der Waals surface area contributed by atoms with Crippen LogP contribution >= 0.6 is 0 Å². The van der Waals surface area contributed by atoms with Crippen molar-refractivity contribution >= 4 is 0 Å². The number of nitrogens with one attached hydrogen (secondary N) is 2. The molecular formula is C30H44N4O. The number of pyridine rings is 1. The molecular weight excluding hydrogens is 432 g/mol. The summed E-state index contributed by atoms with van der Waals surface area (Å²) in [5.74, 6) is 0. The van der Waals surface area contributed by atoms with Crippen molar-refractivity contribution in [3.05, 3.63) is 65.0 Å². The first-order valence-corrected chi connectivity index (χ1v) is 13.9. The predicted molar refractivity (Wildman–Crippen MR) is 143 cm³/mol. The molecule has 5 nitrogen and oxygen atoms in total. The Bertz CT molecular complexity index is 955. The largest absolute Gasteiger partial charge is 0.381 e. The van der Waals surface area contributed by atoms with Gasteiger partial charge in [0.25, 0.3) is 0 Å². The third-order valence-corrected chi connectivity index (χ3v) is 8.39. The number of hydrogen-bond donors (Lipinski definition) is 2. The van der Waals surface area contributed by atoms with Crippen molar-refractivity contribution in [2.75, 3.05) is 32.8 Å². The minimum absolute atomic E-state index is 0.255. The molecule has 0 unspecified atom stereocenters. The number of hydrogen-bond acceptors (Lipinski definition) is 5. The van der Waals surface area contributed by atoms with Gasteiger partial charge in [-0.1, -0.05) is 44.2 Å². The summed E-state index contributed by atoms with van der Waals surface area (Å²) in [6.07, 6.45) is 10.2. The molecule has 3 aliphatic rings. The number of fused-ring (bicyclic) bond motifs is 2. The molecule has 3 heterocycles. The normalized spacial score (nSPS) is 23.2. The first kappa shape index (κ1) is 24.9. The zero-order valence-electron chi connectivity index (χ0n) is 21.8. The summed E-state index contributed by atoms with van der Waals surface area (Å²) >= 11 is 0. The lowest BCUT2D eigenvalue weighted by atomic mass is 9.86. The fourth-order valence-corrected chi connectivity index (χ4v) is 6.10. The van der Waals surface area contributed by atoms with Crippen molar-refractivity contribution in [1.82, 2.24) is 20.5 Å². The molecule has 2 aliphatic heterocycles. The van der Waals surface area contributed by atoms with E-state index in [1.165, 1.54) is 48.1 Å². The number of benzene rings is 1. The van der Waals surface area contributed by atoms with Crippen LogP contribution in [-0.4, -0.2) is 54.8 Å². The van der Waals surface area contributed by atoms with Gasteiger partial charge in [0, 0.05) is 51.1 Å². The predicted octanol–water partition coefficient (Wildman–Crippen LogP) is 4.66. The fourth-order valence-electron chi connectivity index (χ4n) is 6.10. The van der Waals surface area contributed by atoms with Gasteiger partial charge in [-0.2, -0.15) is 0 Å². The van der Waals surface area contributed by atoms with Crippen LogP contribution in [0.5, 0.6) is 0 Å². The molecule has 5 rings (SSSR count). The van der Waals surface area contributed by atoms with Crippen LogP contribution in [0, 0.1) is 5.41 Å². The Kier molecular flexibility index (Phi) is 8.18. The third kappa shape index (κ3) is 6.51. The molecule has 0 amide bonds. The lowest BCUT2D eigenvalue weighted by Gasteiger charge is -2.40. The quantitative estimate of drug-likeness (QED) is 0.551. The highest BCUT2D eigenvalue weighted by molar-refractivity contribution is 5.30. The smallest absolute Gasteiger partial charge is 0.0607 e. The van der Waals surface area contributed by atoms with E-state index < -0.39 is 0 Å². The first-order chi connectivity index (χ1) is 17.1. The zero-order chi connectivity index (χ0) is 24.1. The monoisotopic (exact) mass is 476 g/mol. The van der Waals surface area contributed by atoms with Crippen molar-refractivity contribution in [2.24, 2.45) is 5.41 Å². The van der Waals surface area contributed by atoms with Gasteiger partial charge in [0.2, 0.25) is 0 Å². The second kappa shape index (κ2) is 11.5. The number of rotatable bonds is 9. The highest BCUT2D eigenvalue weighted by Gasteiger charge is 2.31. The lowest BCUT2D eigenvalue weighted by Crippen LogP contribution is -2.47. The van der Waals surface area contributed by atoms with E-state index in [1.807, 2.05) is 6.20 Å². The maximum Gasteiger partial charge on any atom is 0.0607 e. The second-order valence-electron chi connectivity index (χ2n) is 11.7. The van der Waals surface area contributed by atoms with Gasteiger partial charge in [0.1, 0.15) is 0 Å². The summed E-state index contributed by atoms with van der Waals surface area (Å²) in [5.41, 5.74) is 6.01. The van der Waals surface area contributed by atoms with Crippen molar-refractivity contribution in [2.45, 2.75) is 83.5 Å². The van der Waals surface area contributed by atoms with E-state index in [1.54, 1.807) is 0 Å². The minimum atomic E-state index is 0.255. The van der Waals surface area contributed by atoms with Crippen molar-refractivity contribution < 1.29 is 4.74 Å². The van der Waals surface area contributed by atoms with Crippen molar-refractivity contribution in [1.29, 1.82) is 0 Å². The minimum Gasteiger partial charge on any atom is -0.381 e. The van der Waals surface area contributed by atoms with E-state index in [9.17, 15) is 0 Å². The summed E-state index contributed by atoms with van der Waals surface area (Å²) in [5, 5.41) is 7.70. The molecule has 1 fully saturated rings. The van der Waals surface area contributed by atoms with Crippen LogP contribution in [0.3, 0.4) is 0 Å². The number of aromatic nitrogens is 1. The molecule has 1 aliphatic carbocycles. The molecule has 1 aromatic heterocycles. The third-order valence-electron chi connectivity index (χ3n) is 8.39. The summed E-state index contributed by atoms with van der Waals surface area (Å²) in [6, 6.07) is 14.9. The van der Waals surface area contributed by atoms with Crippen LogP contribution < -0.4 is 10.6 Å². The Hall–Kier alpha value is -1.79. The Balaban J connectivity index is 1.27. The van der Waals surface area contributed by atoms with Gasteiger partial charge in [0.05, 0.1) is 11.7 Å². The highest BCUT2D eigenvalue weighted by Crippen LogP contribution is 2.34. The molecule has 1 aromatic carbocycles. The molecule has 35 heavy (non-hydrogen) atoms. The molecule has 0 spiro atoms. The molecule has 0 radical (unpaired) electrons. The van der Waals surface area contributed by atoms with Crippen LogP contribution in [0.1, 0.15) is 74.4 Å². The van der Waals surface area contributed by atoms with Gasteiger partial charge in [-0.05, 0) is 79.7 Å². The van der Waals surface area contributed by atoms with Gasteiger partial charge < -0.3 is 15.4 Å². The first-order valence-electron chi connectivity index (χ1n) is 13.9. The summed E-state index contributed by atoms with van der Waals surface area (Å²) in [6.45, 7) is 10.9. The Morgan fingerprint density at radius 2 is 1.86 bits per heavy atom. The zero-order valence-corrected chi connectivity index (χ0v) is 21.8. The second-order valence-corrected chi connectivity index (χ2v) is 11.7. The highest BCUT2D eigenvalue weighted by atomic mass is 16.5. The van der Waals surface area contributed by atoms with Crippen LogP contribution in [0.2, 0.25) is 0 Å². The number of aryl methyl sites for hydroxylation is 1. The van der Waals surface area contributed by atoms with Crippen molar-refractivity contribution in [3.8, 4) is 0 Å². The maximum absolute atomic E-state index is 5.54. The topological polar surface area (TPSA) is 49.4 Å². The number of nitrogens with zero attached hydrogens (tertiary/aromatic N) is 2. The van der Waals surface area contributed by atoms with Gasteiger partial charge >= 0.3 is 0 Å². The van der Waals surface area contributed by atoms with Crippen LogP contribution in [-0.2, 0) is 24.1 Å². The SMILES string of the molecule is CC(C)(CCN(C[C@H]1Cc2ccccc2CN1)[C@H]1CCCc2cccnc21)CNC1CCOCC1. The van der Waals surface area contributed by atoms with E-state index >= 15 is 0 Å². The van der Waals surface area contributed by atoms with E-state index in [-0.39, 0.29) is 5.41 Å². The molecule has 2 N–H and O–H groups in total. The molecule has 2 atom stereocenters. The Morgan fingerprint density at radius 1 is 1.06 bits per heavy atom. The van der Waals surface area contributed by atoms with Crippen LogP contribution in [0.25, 0.3) is 0 Å². The molecule has 190 valence electrons. The summed E-state index contributed by atoms with van der Waals surface area (Å²) in [4.78, 5) is 7.68. The molecule has 1 saturated heterocycles. The average molecular weight is 477 g/mol. The maximum atomic E-state index is 5.54. The van der Waals surface area contributed by atoms with Gasteiger partial charge in [0.15, 0.2) is 0 Å². The number of ether oxygens (including phenoxy) is 1. The van der Waals surface area contributed by atoms with Gasteiger partial charge in [-0.3, -0.25) is 9.88 Å². The molecule has 2 aromatic rings. The Labute approximate surface area is 212 Å². The fraction of sp³-hybridized carbons (Fsp3) is 0.633. The average Bonchev–Trinajstić information content (AvgIpc) is 2.90. The van der Waals surface area contributed by atoms with Gasteiger partial charge in [-0.25, -0.2) is 0 Å². The molecule has 0 saturated carbocycles. The van der Waals surface area contributed by atoms with E-state index in [0.717, 1.165) is 58.7 Å². The summed E-state index contributed by atoms with van der Waals surface area (Å²) in [7, 11) is 0. The Morgan fingerprint density at radius 3 is 2.71 bits per heavy atom. The summed E-state index contributed by atoms with van der Waals surface area (Å²) < 4.78 is 5.54. The molecule has 0 bridgehead atoms. The van der Waals surface area contributed by atoms with Crippen molar-refractivity contribution in [3.63, 3.8) is 0 Å². The van der Waals surface area contributed by atoms with E-state index in [2.05, 4.69) is 65.8 Å². The van der Waals surface area contributed by atoms with Crippen LogP contribution in [0.15, 0.2) is 42.6 Å². The van der Waals surface area contributed by atoms with Gasteiger partial charge in [-0.15, -0.1) is 0 Å². The van der Waals surface area contributed by atoms with E-state index in [0.29, 0.717) is 18.1 Å². The lowest BCUT2D eigenvalue weighted by molar-refractivity contribution is 0.0733.